The summed E-state index contributed by atoms with van der Waals surface area (Å²) in [4.78, 5) is 12.1. The summed E-state index contributed by atoms with van der Waals surface area (Å²) in [5.74, 6) is 0.151. The number of fused-ring (bicyclic) bond motifs is 1. The molecule has 5 nitrogen and oxygen atoms in total. The SMILES string of the molecule is CC1(C)[C@@H](OCc2ccccc2)[C@@H]2[C@@H](COCOCC[Si](C)(C)C)CC(=O)O[C@@H]21. The normalized spacial score (nSPS) is 28.4. The van der Waals surface area contributed by atoms with Crippen LogP contribution in [0.5, 0.6) is 0 Å². The van der Waals surface area contributed by atoms with Crippen LogP contribution >= 0.6 is 0 Å². The van der Waals surface area contributed by atoms with E-state index in [1.807, 2.05) is 18.2 Å². The van der Waals surface area contributed by atoms with Gasteiger partial charge in [-0.25, -0.2) is 0 Å². The molecule has 0 bridgehead atoms. The van der Waals surface area contributed by atoms with Gasteiger partial charge in [0.15, 0.2) is 0 Å². The van der Waals surface area contributed by atoms with Gasteiger partial charge >= 0.3 is 5.97 Å². The lowest BCUT2D eigenvalue weighted by atomic mass is 9.53. The molecule has 1 saturated heterocycles. The Balaban J connectivity index is 1.52. The summed E-state index contributed by atoms with van der Waals surface area (Å²) < 4.78 is 23.5. The molecular formula is C23H36O5Si. The maximum Gasteiger partial charge on any atom is 0.306 e. The van der Waals surface area contributed by atoms with Crippen molar-refractivity contribution in [3.05, 3.63) is 35.9 Å². The van der Waals surface area contributed by atoms with Crippen LogP contribution in [0.2, 0.25) is 25.7 Å². The molecule has 0 radical (unpaired) electrons. The summed E-state index contributed by atoms with van der Waals surface area (Å²) >= 11 is 0. The molecule has 0 spiro atoms. The second kappa shape index (κ2) is 9.29. The van der Waals surface area contributed by atoms with E-state index in [-0.39, 0.29) is 42.2 Å². The fourth-order valence-corrected chi connectivity index (χ4v) is 5.17. The molecular weight excluding hydrogens is 384 g/mol. The molecule has 4 atom stereocenters. The smallest absolute Gasteiger partial charge is 0.306 e. The van der Waals surface area contributed by atoms with Gasteiger partial charge < -0.3 is 18.9 Å². The largest absolute Gasteiger partial charge is 0.461 e. The summed E-state index contributed by atoms with van der Waals surface area (Å²) in [5, 5.41) is 0. The monoisotopic (exact) mass is 420 g/mol. The van der Waals surface area contributed by atoms with Crippen LogP contribution in [-0.2, 0) is 30.3 Å². The Morgan fingerprint density at radius 3 is 2.55 bits per heavy atom. The summed E-state index contributed by atoms with van der Waals surface area (Å²) in [5.41, 5.74) is 0.963. The predicted octanol–water partition coefficient (Wildman–Crippen LogP) is 4.49. The van der Waals surface area contributed by atoms with Gasteiger partial charge in [0.05, 0.1) is 25.7 Å². The van der Waals surface area contributed by atoms with Crippen LogP contribution in [0.3, 0.4) is 0 Å². The summed E-state index contributed by atoms with van der Waals surface area (Å²) in [6.07, 6.45) is 0.324. The predicted molar refractivity (Wildman–Crippen MR) is 115 cm³/mol. The highest BCUT2D eigenvalue weighted by Gasteiger charge is 2.64. The molecule has 1 saturated carbocycles. The van der Waals surface area contributed by atoms with Gasteiger partial charge in [-0.15, -0.1) is 0 Å². The van der Waals surface area contributed by atoms with Crippen LogP contribution in [0.15, 0.2) is 30.3 Å². The topological polar surface area (TPSA) is 54.0 Å². The minimum absolute atomic E-state index is 0.0437. The number of hydrogen-bond donors (Lipinski definition) is 0. The molecule has 2 aliphatic rings. The number of esters is 1. The maximum absolute atomic E-state index is 12.1. The Morgan fingerprint density at radius 1 is 1.14 bits per heavy atom. The van der Waals surface area contributed by atoms with Crippen molar-refractivity contribution in [3.8, 4) is 0 Å². The Bertz CT molecular complexity index is 670. The summed E-state index contributed by atoms with van der Waals surface area (Å²) in [6, 6.07) is 11.3. The quantitative estimate of drug-likeness (QED) is 0.242. The van der Waals surface area contributed by atoms with Gasteiger partial charge in [0.2, 0.25) is 0 Å². The Labute approximate surface area is 176 Å². The third kappa shape index (κ3) is 5.69. The van der Waals surface area contributed by atoms with Crippen LogP contribution in [0, 0.1) is 17.3 Å². The second-order valence-corrected chi connectivity index (χ2v) is 15.8. The fraction of sp³-hybridized carbons (Fsp3) is 0.696. The molecule has 1 heterocycles. The van der Waals surface area contributed by atoms with Crippen LogP contribution in [0.25, 0.3) is 0 Å². The molecule has 29 heavy (non-hydrogen) atoms. The first kappa shape index (κ1) is 22.5. The van der Waals surface area contributed by atoms with Gasteiger partial charge in [-0.05, 0) is 11.6 Å². The van der Waals surface area contributed by atoms with E-state index in [0.717, 1.165) is 18.2 Å². The highest BCUT2D eigenvalue weighted by molar-refractivity contribution is 6.76. The zero-order valence-electron chi connectivity index (χ0n) is 18.5. The van der Waals surface area contributed by atoms with E-state index in [1.54, 1.807) is 0 Å². The van der Waals surface area contributed by atoms with E-state index < -0.39 is 8.07 Å². The van der Waals surface area contributed by atoms with Crippen molar-refractivity contribution >= 4 is 14.0 Å². The number of carbonyl (C=O) groups is 1. The second-order valence-electron chi connectivity index (χ2n) is 10.2. The van der Waals surface area contributed by atoms with Gasteiger partial charge in [0, 0.05) is 31.9 Å². The average molecular weight is 421 g/mol. The molecule has 3 rings (SSSR count). The Hall–Kier alpha value is -1.21. The average Bonchev–Trinajstić information content (AvgIpc) is 2.65. The van der Waals surface area contributed by atoms with Crippen LogP contribution in [0.4, 0.5) is 0 Å². The van der Waals surface area contributed by atoms with Crippen molar-refractivity contribution in [2.45, 2.75) is 64.8 Å². The van der Waals surface area contributed by atoms with E-state index in [1.165, 1.54) is 0 Å². The van der Waals surface area contributed by atoms with Gasteiger partial charge in [-0.1, -0.05) is 63.8 Å². The third-order valence-electron chi connectivity index (χ3n) is 6.16. The number of benzene rings is 1. The number of ether oxygens (including phenoxy) is 4. The first-order valence-corrected chi connectivity index (χ1v) is 14.4. The number of rotatable bonds is 10. The minimum atomic E-state index is -1.09. The van der Waals surface area contributed by atoms with Crippen molar-refractivity contribution in [2.75, 3.05) is 20.0 Å². The minimum Gasteiger partial charge on any atom is -0.461 e. The van der Waals surface area contributed by atoms with E-state index >= 15 is 0 Å². The van der Waals surface area contributed by atoms with E-state index in [2.05, 4.69) is 45.6 Å². The van der Waals surface area contributed by atoms with Crippen molar-refractivity contribution in [2.24, 2.45) is 17.3 Å². The van der Waals surface area contributed by atoms with Gasteiger partial charge in [0.1, 0.15) is 12.9 Å². The molecule has 1 aliphatic heterocycles. The first-order chi connectivity index (χ1) is 13.7. The zero-order valence-corrected chi connectivity index (χ0v) is 19.5. The molecule has 0 unspecified atom stereocenters. The molecule has 1 aromatic rings. The van der Waals surface area contributed by atoms with Crippen LogP contribution < -0.4 is 0 Å². The standard InChI is InChI=1S/C23H36O5Si/c1-23(2)21(27-14-17-9-7-6-8-10-17)20-18(13-19(24)28-22(20)23)15-26-16-25-11-12-29(3,4)5/h6-10,18,20-22H,11-16H2,1-5H3/t18-,20+,21+,22+/m1/s1. The molecule has 162 valence electrons. The van der Waals surface area contributed by atoms with Crippen molar-refractivity contribution in [1.82, 2.24) is 0 Å². The Kier molecular flexibility index (Phi) is 7.20. The molecule has 2 fully saturated rings. The van der Waals surface area contributed by atoms with Crippen molar-refractivity contribution in [1.29, 1.82) is 0 Å². The summed E-state index contributed by atoms with van der Waals surface area (Å²) in [6.45, 7) is 13.3. The van der Waals surface area contributed by atoms with Crippen molar-refractivity contribution in [3.63, 3.8) is 0 Å². The molecule has 0 aromatic heterocycles. The van der Waals surface area contributed by atoms with E-state index in [9.17, 15) is 4.79 Å². The Morgan fingerprint density at radius 2 is 1.86 bits per heavy atom. The van der Waals surface area contributed by atoms with Crippen molar-refractivity contribution < 1.29 is 23.7 Å². The van der Waals surface area contributed by atoms with E-state index in [0.29, 0.717) is 19.6 Å². The highest BCUT2D eigenvalue weighted by Crippen LogP contribution is 2.55. The van der Waals surface area contributed by atoms with Gasteiger partial charge in [-0.2, -0.15) is 0 Å². The first-order valence-electron chi connectivity index (χ1n) is 10.7. The molecule has 1 aromatic carbocycles. The lowest BCUT2D eigenvalue weighted by Gasteiger charge is -2.60. The van der Waals surface area contributed by atoms with Crippen LogP contribution in [-0.4, -0.2) is 46.3 Å². The summed E-state index contributed by atoms with van der Waals surface area (Å²) in [7, 11) is -1.09. The molecule has 1 aliphatic carbocycles. The fourth-order valence-electron chi connectivity index (χ4n) is 4.41. The van der Waals surface area contributed by atoms with Gasteiger partial charge in [-0.3, -0.25) is 4.79 Å². The van der Waals surface area contributed by atoms with E-state index in [4.69, 9.17) is 18.9 Å². The number of hydrogen-bond acceptors (Lipinski definition) is 5. The lowest BCUT2D eigenvalue weighted by Crippen LogP contribution is -2.68. The van der Waals surface area contributed by atoms with Gasteiger partial charge in [0.25, 0.3) is 0 Å². The molecule has 6 heteroatoms. The maximum atomic E-state index is 12.1. The third-order valence-corrected chi connectivity index (χ3v) is 7.87. The lowest BCUT2D eigenvalue weighted by molar-refractivity contribution is -0.275. The zero-order chi connectivity index (χ0) is 21.1. The molecule has 0 N–H and O–H groups in total. The molecule has 0 amide bonds. The highest BCUT2D eigenvalue weighted by atomic mass is 28.3. The van der Waals surface area contributed by atoms with Crippen LogP contribution in [0.1, 0.15) is 25.8 Å². The number of carbonyl (C=O) groups excluding carboxylic acids is 1.